The quantitative estimate of drug-likeness (QED) is 0.0898. The maximum atomic E-state index is 13.1. The topological polar surface area (TPSA) is 98.8 Å². The van der Waals surface area contributed by atoms with Gasteiger partial charge in [0.15, 0.2) is 33.3 Å². The average molecular weight is 723 g/mol. The lowest BCUT2D eigenvalue weighted by molar-refractivity contribution is -0.196. The SMILES string of the molecule is C=C(C)C(=O)OC(CC)C1(C(CC)OC(=O)C(=C)C)CC[Si](O[Si](C)(C)C)(O[Si](C)(C)C)[Si](O[Si](C)(C)C)(O[Si](C)(C)C)O1. The molecule has 0 radical (unpaired) electrons. The second kappa shape index (κ2) is 14.7. The lowest BCUT2D eigenvalue weighted by Crippen LogP contribution is -2.84. The van der Waals surface area contributed by atoms with Crippen LogP contribution in [0, 0.1) is 0 Å². The number of carbonyl (C=O) groups excluding carboxylic acids is 2. The van der Waals surface area contributed by atoms with Crippen LogP contribution in [-0.4, -0.2) is 79.4 Å². The molecule has 0 amide bonds. The van der Waals surface area contributed by atoms with E-state index in [0.717, 1.165) is 0 Å². The highest BCUT2D eigenvalue weighted by molar-refractivity contribution is 7.34. The van der Waals surface area contributed by atoms with Gasteiger partial charge in [-0.25, -0.2) is 9.59 Å². The van der Waals surface area contributed by atoms with E-state index in [-0.39, 0.29) is 11.1 Å². The molecule has 9 nitrogen and oxygen atoms in total. The first-order valence-corrected chi connectivity index (χ1v) is 34.2. The first-order chi connectivity index (χ1) is 19.6. The lowest BCUT2D eigenvalue weighted by atomic mass is 9.84. The van der Waals surface area contributed by atoms with E-state index in [2.05, 4.69) is 91.7 Å². The van der Waals surface area contributed by atoms with E-state index in [0.29, 0.717) is 25.3 Å². The molecule has 44 heavy (non-hydrogen) atoms. The van der Waals surface area contributed by atoms with Gasteiger partial charge in [0.1, 0.15) is 17.8 Å². The molecule has 0 bridgehead atoms. The summed E-state index contributed by atoms with van der Waals surface area (Å²) in [6.07, 6.45) is -0.395. The van der Waals surface area contributed by atoms with Crippen LogP contribution in [0.25, 0.3) is 0 Å². The number of hydrogen-bond acceptors (Lipinski definition) is 9. The zero-order valence-electron chi connectivity index (χ0n) is 30.6. The van der Waals surface area contributed by atoms with Crippen molar-refractivity contribution in [3.8, 4) is 0 Å². The van der Waals surface area contributed by atoms with Crippen molar-refractivity contribution in [2.45, 2.75) is 149 Å². The largest absolute Gasteiger partial charge is 0.517 e. The van der Waals surface area contributed by atoms with Gasteiger partial charge in [0.05, 0.1) is 0 Å². The van der Waals surface area contributed by atoms with Gasteiger partial charge in [0, 0.05) is 11.1 Å². The monoisotopic (exact) mass is 722 g/mol. The van der Waals surface area contributed by atoms with E-state index >= 15 is 0 Å². The van der Waals surface area contributed by atoms with Crippen LogP contribution in [0.15, 0.2) is 24.3 Å². The van der Waals surface area contributed by atoms with Crippen molar-refractivity contribution in [1.82, 2.24) is 0 Å². The first kappa shape index (κ1) is 41.5. The second-order valence-corrected chi connectivity index (χ2v) is 43.5. The Morgan fingerprint density at radius 3 is 1.25 bits per heavy atom. The Kier molecular flexibility index (Phi) is 13.9. The third kappa shape index (κ3) is 11.3. The van der Waals surface area contributed by atoms with Crippen molar-refractivity contribution in [3.63, 3.8) is 0 Å². The van der Waals surface area contributed by atoms with Crippen LogP contribution in [0.3, 0.4) is 0 Å². The lowest BCUT2D eigenvalue weighted by Gasteiger charge is -2.59. The number of esters is 2. The van der Waals surface area contributed by atoms with Gasteiger partial charge in [-0.3, -0.25) is 0 Å². The van der Waals surface area contributed by atoms with Gasteiger partial charge in [-0.15, -0.1) is 0 Å². The molecule has 0 aliphatic carbocycles. The predicted octanol–water partition coefficient (Wildman–Crippen LogP) is 7.81. The van der Waals surface area contributed by atoms with Gasteiger partial charge >= 0.3 is 28.3 Å². The van der Waals surface area contributed by atoms with Crippen LogP contribution in [0.2, 0.25) is 84.6 Å². The molecule has 0 spiro atoms. The summed E-state index contributed by atoms with van der Waals surface area (Å²) in [5.74, 6) is -1.06. The minimum Gasteiger partial charge on any atom is -0.456 e. The molecular weight excluding hydrogens is 661 g/mol. The Bertz CT molecular complexity index is 986. The van der Waals surface area contributed by atoms with E-state index in [1.165, 1.54) is 0 Å². The summed E-state index contributed by atoms with van der Waals surface area (Å²) in [6, 6.07) is 0.491. The van der Waals surface area contributed by atoms with E-state index < -0.39 is 79.4 Å². The molecule has 1 aliphatic rings. The summed E-state index contributed by atoms with van der Waals surface area (Å²) in [6.45, 7) is 40.4. The Morgan fingerprint density at radius 2 is 1.00 bits per heavy atom. The highest BCUT2D eigenvalue weighted by Gasteiger charge is 2.78. The molecule has 2 atom stereocenters. The summed E-state index contributed by atoms with van der Waals surface area (Å²) in [5.41, 5.74) is -0.739. The van der Waals surface area contributed by atoms with E-state index in [1.54, 1.807) is 13.8 Å². The van der Waals surface area contributed by atoms with Crippen LogP contribution in [0.1, 0.15) is 47.0 Å². The molecule has 0 saturated carbocycles. The van der Waals surface area contributed by atoms with Gasteiger partial charge in [0.2, 0.25) is 0 Å². The van der Waals surface area contributed by atoms with Gasteiger partial charge in [-0.05, 0) is 118 Å². The van der Waals surface area contributed by atoms with Crippen molar-refractivity contribution in [1.29, 1.82) is 0 Å². The minimum absolute atomic E-state index is 0.273. The van der Waals surface area contributed by atoms with Crippen LogP contribution in [-0.2, 0) is 39.9 Å². The second-order valence-electron chi connectivity index (χ2n) is 15.9. The molecule has 15 heteroatoms. The minimum atomic E-state index is -3.94. The summed E-state index contributed by atoms with van der Waals surface area (Å²) in [5, 5.41) is 0. The fourth-order valence-corrected chi connectivity index (χ4v) is 44.6. The Morgan fingerprint density at radius 1 is 0.682 bits per heavy atom. The molecule has 0 aromatic heterocycles. The van der Waals surface area contributed by atoms with Gasteiger partial charge in [-0.2, -0.15) is 0 Å². The predicted molar refractivity (Wildman–Crippen MR) is 192 cm³/mol. The van der Waals surface area contributed by atoms with Crippen LogP contribution >= 0.6 is 0 Å². The Balaban J connectivity index is 4.33. The van der Waals surface area contributed by atoms with Crippen molar-refractivity contribution < 1.29 is 39.9 Å². The molecule has 0 aromatic carbocycles. The molecule has 2 unspecified atom stereocenters. The Hall–Kier alpha value is -0.479. The molecule has 0 aromatic rings. The summed E-state index contributed by atoms with van der Waals surface area (Å²) in [7, 11) is -16.7. The number of rotatable bonds is 16. The van der Waals surface area contributed by atoms with E-state index in [1.807, 2.05) is 13.8 Å². The van der Waals surface area contributed by atoms with E-state index in [9.17, 15) is 9.59 Å². The fourth-order valence-electron chi connectivity index (χ4n) is 5.33. The molecule has 1 fully saturated rings. The van der Waals surface area contributed by atoms with Gasteiger partial charge in [0.25, 0.3) is 0 Å². The molecule has 1 heterocycles. The summed E-state index contributed by atoms with van der Waals surface area (Å²) in [4.78, 5) is 26.2. The van der Waals surface area contributed by atoms with Crippen LogP contribution in [0.5, 0.6) is 0 Å². The zero-order chi connectivity index (χ0) is 34.7. The first-order valence-electron chi connectivity index (χ1n) is 15.8. The molecular formula is C29H62O9Si6. The third-order valence-corrected chi connectivity index (χ3v) is 31.1. The number of ether oxygens (including phenoxy) is 2. The number of carbonyl (C=O) groups is 2. The summed E-state index contributed by atoms with van der Waals surface area (Å²) >= 11 is 0. The smallest absolute Gasteiger partial charge is 0.456 e. The van der Waals surface area contributed by atoms with Crippen molar-refractivity contribution in [2.75, 3.05) is 0 Å². The van der Waals surface area contributed by atoms with Crippen molar-refractivity contribution in [2.24, 2.45) is 0 Å². The molecule has 1 rings (SSSR count). The highest BCUT2D eigenvalue weighted by atomic mass is 29.3. The normalized spacial score (nSPS) is 22.1. The summed E-state index contributed by atoms with van der Waals surface area (Å²) < 4.78 is 49.1. The van der Waals surface area contributed by atoms with Crippen LogP contribution in [0.4, 0.5) is 0 Å². The van der Waals surface area contributed by atoms with Crippen molar-refractivity contribution >= 4 is 61.6 Å². The van der Waals surface area contributed by atoms with Crippen molar-refractivity contribution in [3.05, 3.63) is 24.3 Å². The maximum Gasteiger partial charge on any atom is 0.517 e. The molecule has 256 valence electrons. The molecule has 0 N–H and O–H groups in total. The maximum absolute atomic E-state index is 13.1. The van der Waals surface area contributed by atoms with Crippen LogP contribution < -0.4 is 0 Å². The third-order valence-electron chi connectivity index (χ3n) is 6.49. The Labute approximate surface area is 274 Å². The van der Waals surface area contributed by atoms with E-state index in [4.69, 9.17) is 30.4 Å². The zero-order valence-corrected chi connectivity index (χ0v) is 36.6. The fraction of sp³-hybridized carbons (Fsp3) is 0.793. The standard InChI is InChI=1S/C29H62O9Si6/c1-19-25(32-27(30)23(3)4)29(26(20-2)33-28(31)24(5)6)21-22-43(35-39(7,8)9,36-40(10,11)12)44(34-29,37-41(13,14)15)38-42(16,17)18/h25-26H,3,5,19-22H2,1-2,4,6-18H3. The molecule has 1 saturated heterocycles. The molecule has 1 aliphatic heterocycles. The highest BCUT2D eigenvalue weighted by Crippen LogP contribution is 2.50. The van der Waals surface area contributed by atoms with Gasteiger partial charge in [-0.1, -0.05) is 27.0 Å². The number of hydrogen-bond donors (Lipinski definition) is 0. The average Bonchev–Trinajstić information content (AvgIpc) is 2.78. The van der Waals surface area contributed by atoms with Gasteiger partial charge < -0.3 is 30.4 Å².